The van der Waals surface area contributed by atoms with Crippen LogP contribution in [0.25, 0.3) is 0 Å². The van der Waals surface area contributed by atoms with Gasteiger partial charge < -0.3 is 10.1 Å². The van der Waals surface area contributed by atoms with Crippen molar-refractivity contribution < 1.29 is 13.5 Å². The molecule has 0 amide bonds. The average molecular weight is 342 g/mol. The Hall–Kier alpha value is -1.62. The van der Waals surface area contributed by atoms with Crippen LogP contribution in [0.2, 0.25) is 0 Å². The van der Waals surface area contributed by atoms with Crippen LogP contribution in [0.3, 0.4) is 0 Å². The number of nitrogens with one attached hydrogen (secondary N) is 1. The molecule has 0 aliphatic rings. The highest BCUT2D eigenvalue weighted by atomic mass is 79.9. The minimum absolute atomic E-state index is 0.156. The lowest BCUT2D eigenvalue weighted by atomic mass is 10.1. The van der Waals surface area contributed by atoms with E-state index in [0.29, 0.717) is 11.3 Å². The largest absolute Gasteiger partial charge is 0.495 e. The molecule has 2 nitrogen and oxygen atoms in total. The van der Waals surface area contributed by atoms with Crippen molar-refractivity contribution in [1.29, 1.82) is 0 Å². The summed E-state index contributed by atoms with van der Waals surface area (Å²) in [6.45, 7) is 1.88. The molecule has 1 unspecified atom stereocenters. The van der Waals surface area contributed by atoms with Crippen LogP contribution in [-0.4, -0.2) is 7.11 Å². The Labute approximate surface area is 124 Å². The molecule has 106 valence electrons. The molecule has 1 N–H and O–H groups in total. The zero-order valence-corrected chi connectivity index (χ0v) is 12.7. The molecule has 5 heteroatoms. The Bertz CT molecular complexity index is 619. The SMILES string of the molecule is COc1cc(NC(C)c2ccc(F)c(F)c2)ccc1Br. The molecule has 2 rings (SSSR count). The van der Waals surface area contributed by atoms with Crippen LogP contribution in [0.4, 0.5) is 14.5 Å². The van der Waals surface area contributed by atoms with E-state index in [9.17, 15) is 8.78 Å². The van der Waals surface area contributed by atoms with Crippen molar-refractivity contribution in [1.82, 2.24) is 0 Å². The Morgan fingerprint density at radius 3 is 2.50 bits per heavy atom. The zero-order chi connectivity index (χ0) is 14.7. The van der Waals surface area contributed by atoms with Crippen molar-refractivity contribution >= 4 is 21.6 Å². The van der Waals surface area contributed by atoms with Crippen molar-refractivity contribution in [2.75, 3.05) is 12.4 Å². The van der Waals surface area contributed by atoms with Gasteiger partial charge in [-0.2, -0.15) is 0 Å². The Morgan fingerprint density at radius 2 is 1.85 bits per heavy atom. The standard InChI is InChI=1S/C15H14BrF2NO/c1-9(10-3-6-13(17)14(18)7-10)19-11-4-5-12(16)15(8-11)20-2/h3-9,19H,1-2H3. The van der Waals surface area contributed by atoms with Gasteiger partial charge in [0.2, 0.25) is 0 Å². The molecule has 0 aliphatic heterocycles. The number of methoxy groups -OCH3 is 1. The highest BCUT2D eigenvalue weighted by Gasteiger charge is 2.10. The van der Waals surface area contributed by atoms with Crippen molar-refractivity contribution in [3.8, 4) is 5.75 Å². The lowest BCUT2D eigenvalue weighted by molar-refractivity contribution is 0.412. The third-order valence-electron chi connectivity index (χ3n) is 2.98. The van der Waals surface area contributed by atoms with Gasteiger partial charge >= 0.3 is 0 Å². The van der Waals surface area contributed by atoms with Gasteiger partial charge in [0.05, 0.1) is 11.6 Å². The molecule has 0 aliphatic carbocycles. The van der Waals surface area contributed by atoms with Crippen LogP contribution in [0.15, 0.2) is 40.9 Å². The summed E-state index contributed by atoms with van der Waals surface area (Å²) in [6.07, 6.45) is 0. The molecule has 0 bridgehead atoms. The molecule has 0 saturated heterocycles. The second-order valence-corrected chi connectivity index (χ2v) is 5.24. The molecule has 2 aromatic rings. The van der Waals surface area contributed by atoms with E-state index >= 15 is 0 Å². The second kappa shape index (κ2) is 6.22. The number of halogens is 3. The van der Waals surface area contributed by atoms with Gasteiger partial charge in [-0.15, -0.1) is 0 Å². The van der Waals surface area contributed by atoms with Gasteiger partial charge in [-0.3, -0.25) is 0 Å². The minimum Gasteiger partial charge on any atom is -0.495 e. The molecule has 0 fully saturated rings. The molecule has 0 spiro atoms. The monoisotopic (exact) mass is 341 g/mol. The summed E-state index contributed by atoms with van der Waals surface area (Å²) in [6, 6.07) is 9.30. The van der Waals surface area contributed by atoms with Crippen molar-refractivity contribution in [2.45, 2.75) is 13.0 Å². The first-order chi connectivity index (χ1) is 9.51. The molecule has 0 aromatic heterocycles. The third kappa shape index (κ3) is 3.28. The lowest BCUT2D eigenvalue weighted by Gasteiger charge is -2.17. The molecule has 2 aromatic carbocycles. The maximum Gasteiger partial charge on any atom is 0.159 e. The van der Waals surface area contributed by atoms with Gasteiger partial charge in [-0.1, -0.05) is 6.07 Å². The van der Waals surface area contributed by atoms with Crippen LogP contribution >= 0.6 is 15.9 Å². The van der Waals surface area contributed by atoms with E-state index < -0.39 is 11.6 Å². The number of ether oxygens (including phenoxy) is 1. The lowest BCUT2D eigenvalue weighted by Crippen LogP contribution is -2.07. The topological polar surface area (TPSA) is 21.3 Å². The number of hydrogen-bond donors (Lipinski definition) is 1. The van der Waals surface area contributed by atoms with Gasteiger partial charge in [-0.25, -0.2) is 8.78 Å². The zero-order valence-electron chi connectivity index (χ0n) is 11.1. The molecule has 0 heterocycles. The Balaban J connectivity index is 2.18. The van der Waals surface area contributed by atoms with Crippen LogP contribution in [0.1, 0.15) is 18.5 Å². The van der Waals surface area contributed by atoms with E-state index in [0.717, 1.165) is 16.2 Å². The molecular formula is C15H14BrF2NO. The Kier molecular flexibility index (Phi) is 4.60. The maximum absolute atomic E-state index is 13.2. The highest BCUT2D eigenvalue weighted by Crippen LogP contribution is 2.29. The molecule has 20 heavy (non-hydrogen) atoms. The summed E-state index contributed by atoms with van der Waals surface area (Å²) in [5.74, 6) is -0.983. The van der Waals surface area contributed by atoms with Gasteiger partial charge in [-0.05, 0) is 52.7 Å². The predicted octanol–water partition coefficient (Wildman–Crippen LogP) is 4.91. The quantitative estimate of drug-likeness (QED) is 0.853. The van der Waals surface area contributed by atoms with E-state index in [1.165, 1.54) is 6.07 Å². The summed E-state index contributed by atoms with van der Waals surface area (Å²) in [7, 11) is 1.59. The summed E-state index contributed by atoms with van der Waals surface area (Å²) in [4.78, 5) is 0. The summed E-state index contributed by atoms with van der Waals surface area (Å²) in [5, 5.41) is 3.22. The van der Waals surface area contributed by atoms with Crippen LogP contribution in [0, 0.1) is 11.6 Å². The van der Waals surface area contributed by atoms with Crippen LogP contribution in [0.5, 0.6) is 5.75 Å². The third-order valence-corrected chi connectivity index (χ3v) is 3.63. The van der Waals surface area contributed by atoms with Gasteiger partial charge in [0.1, 0.15) is 5.75 Å². The first-order valence-electron chi connectivity index (χ1n) is 6.06. The van der Waals surface area contributed by atoms with E-state index in [-0.39, 0.29) is 6.04 Å². The first kappa shape index (κ1) is 14.8. The average Bonchev–Trinajstić information content (AvgIpc) is 2.43. The predicted molar refractivity (Wildman–Crippen MR) is 79.1 cm³/mol. The Morgan fingerprint density at radius 1 is 1.10 bits per heavy atom. The van der Waals surface area contributed by atoms with E-state index in [2.05, 4.69) is 21.2 Å². The number of anilines is 1. The van der Waals surface area contributed by atoms with Crippen molar-refractivity contribution in [3.05, 3.63) is 58.1 Å². The van der Waals surface area contributed by atoms with Crippen LogP contribution in [-0.2, 0) is 0 Å². The molecule has 0 saturated carbocycles. The fourth-order valence-corrected chi connectivity index (χ4v) is 2.27. The maximum atomic E-state index is 13.2. The van der Waals surface area contributed by atoms with E-state index in [1.807, 2.05) is 25.1 Å². The summed E-state index contributed by atoms with van der Waals surface area (Å²) < 4.78 is 32.2. The smallest absolute Gasteiger partial charge is 0.159 e. The van der Waals surface area contributed by atoms with Crippen molar-refractivity contribution in [3.63, 3.8) is 0 Å². The highest BCUT2D eigenvalue weighted by molar-refractivity contribution is 9.10. The van der Waals surface area contributed by atoms with Gasteiger partial charge in [0.15, 0.2) is 11.6 Å². The fourth-order valence-electron chi connectivity index (χ4n) is 1.86. The number of benzene rings is 2. The van der Waals surface area contributed by atoms with Crippen molar-refractivity contribution in [2.24, 2.45) is 0 Å². The number of rotatable bonds is 4. The number of hydrogen-bond acceptors (Lipinski definition) is 2. The van der Waals surface area contributed by atoms with Gasteiger partial charge in [0, 0.05) is 17.8 Å². The van der Waals surface area contributed by atoms with E-state index in [1.54, 1.807) is 13.2 Å². The van der Waals surface area contributed by atoms with E-state index in [4.69, 9.17) is 4.74 Å². The molecule has 1 atom stereocenters. The first-order valence-corrected chi connectivity index (χ1v) is 6.85. The molecular weight excluding hydrogens is 328 g/mol. The minimum atomic E-state index is -0.843. The summed E-state index contributed by atoms with van der Waals surface area (Å²) >= 11 is 3.38. The fraction of sp³-hybridized carbons (Fsp3) is 0.200. The van der Waals surface area contributed by atoms with Gasteiger partial charge in [0.25, 0.3) is 0 Å². The second-order valence-electron chi connectivity index (χ2n) is 4.39. The normalized spacial score (nSPS) is 12.1. The summed E-state index contributed by atoms with van der Waals surface area (Å²) in [5.41, 5.74) is 1.51. The van der Waals surface area contributed by atoms with Crippen LogP contribution < -0.4 is 10.1 Å². The molecule has 0 radical (unpaired) electrons.